The lowest BCUT2D eigenvalue weighted by Gasteiger charge is -2.40. The van der Waals surface area contributed by atoms with E-state index in [1.807, 2.05) is 18.7 Å². The summed E-state index contributed by atoms with van der Waals surface area (Å²) in [6.45, 7) is 6.82. The van der Waals surface area contributed by atoms with E-state index in [2.05, 4.69) is 12.2 Å². The first-order chi connectivity index (χ1) is 9.54. The molecule has 3 unspecified atom stereocenters. The number of hydrogen-bond donors (Lipinski definition) is 1. The van der Waals surface area contributed by atoms with Crippen LogP contribution in [0.1, 0.15) is 59.3 Å². The van der Waals surface area contributed by atoms with Crippen molar-refractivity contribution in [2.24, 2.45) is 11.8 Å². The highest BCUT2D eigenvalue weighted by molar-refractivity contribution is 5.90. The number of amides is 2. The molecule has 1 aliphatic heterocycles. The van der Waals surface area contributed by atoms with Gasteiger partial charge in [-0.3, -0.25) is 9.59 Å². The first kappa shape index (κ1) is 15.3. The van der Waals surface area contributed by atoms with Gasteiger partial charge in [0.25, 0.3) is 0 Å². The normalized spacial score (nSPS) is 32.2. The highest BCUT2D eigenvalue weighted by atomic mass is 16.2. The van der Waals surface area contributed by atoms with Gasteiger partial charge in [-0.15, -0.1) is 0 Å². The molecule has 2 rings (SSSR count). The molecule has 0 radical (unpaired) electrons. The molecule has 114 valence electrons. The lowest BCUT2D eigenvalue weighted by Crippen LogP contribution is -2.53. The van der Waals surface area contributed by atoms with E-state index in [0.717, 1.165) is 12.8 Å². The van der Waals surface area contributed by atoms with Gasteiger partial charge in [0, 0.05) is 19.0 Å². The third-order valence-electron chi connectivity index (χ3n) is 4.91. The molecule has 1 N–H and O–H groups in total. The number of nitrogens with zero attached hydrogens (tertiary/aromatic N) is 1. The highest BCUT2D eigenvalue weighted by Gasteiger charge is 2.38. The van der Waals surface area contributed by atoms with Crippen LogP contribution in [0.25, 0.3) is 0 Å². The summed E-state index contributed by atoms with van der Waals surface area (Å²) in [6.07, 6.45) is 6.38. The van der Waals surface area contributed by atoms with Crippen LogP contribution in [-0.4, -0.2) is 35.3 Å². The van der Waals surface area contributed by atoms with Gasteiger partial charge in [-0.25, -0.2) is 0 Å². The molecule has 0 aromatic carbocycles. The maximum Gasteiger partial charge on any atom is 0.245 e. The predicted octanol–water partition coefficient (Wildman–Crippen LogP) is 2.33. The molecule has 2 fully saturated rings. The summed E-state index contributed by atoms with van der Waals surface area (Å²) in [7, 11) is 0. The second kappa shape index (κ2) is 6.59. The molecule has 4 nitrogen and oxygen atoms in total. The zero-order chi connectivity index (χ0) is 14.7. The van der Waals surface area contributed by atoms with E-state index in [1.165, 1.54) is 19.3 Å². The fourth-order valence-electron chi connectivity index (χ4n) is 3.67. The van der Waals surface area contributed by atoms with E-state index in [0.29, 0.717) is 24.9 Å². The Morgan fingerprint density at radius 2 is 1.95 bits per heavy atom. The monoisotopic (exact) mass is 280 g/mol. The Morgan fingerprint density at radius 3 is 2.60 bits per heavy atom. The van der Waals surface area contributed by atoms with Gasteiger partial charge in [-0.2, -0.15) is 0 Å². The molecule has 0 spiro atoms. The molecular formula is C16H28N2O2. The molecule has 2 amide bonds. The van der Waals surface area contributed by atoms with Crippen molar-refractivity contribution in [3.8, 4) is 0 Å². The van der Waals surface area contributed by atoms with Crippen LogP contribution in [0, 0.1) is 11.8 Å². The highest BCUT2D eigenvalue weighted by Crippen LogP contribution is 2.32. The SMILES string of the molecule is CCC1CCCCC1N1CCC(=O)NC(C(C)C)C1=O. The lowest BCUT2D eigenvalue weighted by molar-refractivity contribution is -0.138. The summed E-state index contributed by atoms with van der Waals surface area (Å²) in [5.74, 6) is 0.907. The van der Waals surface area contributed by atoms with Gasteiger partial charge < -0.3 is 10.2 Å². The smallest absolute Gasteiger partial charge is 0.245 e. The third kappa shape index (κ3) is 3.15. The zero-order valence-electron chi connectivity index (χ0n) is 13.0. The predicted molar refractivity (Wildman–Crippen MR) is 79.1 cm³/mol. The third-order valence-corrected chi connectivity index (χ3v) is 4.91. The first-order valence-electron chi connectivity index (χ1n) is 8.14. The van der Waals surface area contributed by atoms with Crippen molar-refractivity contribution in [1.29, 1.82) is 0 Å². The van der Waals surface area contributed by atoms with Gasteiger partial charge in [0.2, 0.25) is 11.8 Å². The lowest BCUT2D eigenvalue weighted by atomic mass is 9.81. The second-order valence-corrected chi connectivity index (χ2v) is 6.59. The van der Waals surface area contributed by atoms with Crippen molar-refractivity contribution in [3.63, 3.8) is 0 Å². The Bertz CT molecular complexity index is 367. The molecule has 20 heavy (non-hydrogen) atoms. The maximum atomic E-state index is 12.8. The molecule has 1 heterocycles. The first-order valence-corrected chi connectivity index (χ1v) is 8.14. The van der Waals surface area contributed by atoms with E-state index in [1.54, 1.807) is 0 Å². The summed E-state index contributed by atoms with van der Waals surface area (Å²) in [5.41, 5.74) is 0. The Morgan fingerprint density at radius 1 is 1.25 bits per heavy atom. The molecule has 1 aliphatic carbocycles. The zero-order valence-corrected chi connectivity index (χ0v) is 13.0. The molecule has 0 aromatic heterocycles. The minimum absolute atomic E-state index is 0.0170. The topological polar surface area (TPSA) is 49.4 Å². The molecule has 3 atom stereocenters. The van der Waals surface area contributed by atoms with Gasteiger partial charge in [-0.1, -0.05) is 40.0 Å². The van der Waals surface area contributed by atoms with Crippen molar-refractivity contribution >= 4 is 11.8 Å². The summed E-state index contributed by atoms with van der Waals surface area (Å²) >= 11 is 0. The van der Waals surface area contributed by atoms with Gasteiger partial charge >= 0.3 is 0 Å². The minimum Gasteiger partial charge on any atom is -0.344 e. The van der Waals surface area contributed by atoms with Gasteiger partial charge in [0.05, 0.1) is 0 Å². The van der Waals surface area contributed by atoms with Crippen LogP contribution in [0.4, 0.5) is 0 Å². The van der Waals surface area contributed by atoms with E-state index in [4.69, 9.17) is 0 Å². The van der Waals surface area contributed by atoms with Crippen LogP contribution in [0.15, 0.2) is 0 Å². The Balaban J connectivity index is 2.19. The summed E-state index contributed by atoms with van der Waals surface area (Å²) < 4.78 is 0. The quantitative estimate of drug-likeness (QED) is 0.862. The standard InChI is InChI=1S/C16H28N2O2/c1-4-12-7-5-6-8-13(12)18-10-9-14(19)17-15(11(2)3)16(18)20/h11-13,15H,4-10H2,1-3H3,(H,17,19). The molecule has 0 aromatic rings. The van der Waals surface area contributed by atoms with E-state index in [-0.39, 0.29) is 23.8 Å². The van der Waals surface area contributed by atoms with Gasteiger partial charge in [-0.05, 0) is 24.7 Å². The molecule has 1 saturated carbocycles. The maximum absolute atomic E-state index is 12.8. The minimum atomic E-state index is -0.343. The average molecular weight is 280 g/mol. The van der Waals surface area contributed by atoms with Crippen molar-refractivity contribution < 1.29 is 9.59 Å². The summed E-state index contributed by atoms with van der Waals surface area (Å²) in [5, 5.41) is 2.90. The van der Waals surface area contributed by atoms with E-state index < -0.39 is 0 Å². The van der Waals surface area contributed by atoms with Crippen LogP contribution in [0.3, 0.4) is 0 Å². The Hall–Kier alpha value is -1.06. The van der Waals surface area contributed by atoms with Crippen molar-refractivity contribution in [2.45, 2.75) is 71.4 Å². The molecular weight excluding hydrogens is 252 g/mol. The fraction of sp³-hybridized carbons (Fsp3) is 0.875. The molecule has 0 bridgehead atoms. The number of hydrogen-bond acceptors (Lipinski definition) is 2. The van der Waals surface area contributed by atoms with Crippen LogP contribution in [0.2, 0.25) is 0 Å². The summed E-state index contributed by atoms with van der Waals surface area (Å²) in [6, 6.07) is -0.000340. The van der Waals surface area contributed by atoms with Crippen molar-refractivity contribution in [2.75, 3.05) is 6.54 Å². The number of nitrogens with one attached hydrogen (secondary N) is 1. The largest absolute Gasteiger partial charge is 0.344 e. The number of carbonyl (C=O) groups excluding carboxylic acids is 2. The Labute approximate surface area is 122 Å². The van der Waals surface area contributed by atoms with Gasteiger partial charge in [0.1, 0.15) is 6.04 Å². The van der Waals surface area contributed by atoms with E-state index >= 15 is 0 Å². The van der Waals surface area contributed by atoms with Crippen LogP contribution in [0.5, 0.6) is 0 Å². The van der Waals surface area contributed by atoms with Crippen molar-refractivity contribution in [3.05, 3.63) is 0 Å². The molecule has 2 aliphatic rings. The average Bonchev–Trinajstić information content (AvgIpc) is 2.58. The number of carbonyl (C=O) groups is 2. The second-order valence-electron chi connectivity index (χ2n) is 6.59. The van der Waals surface area contributed by atoms with Crippen LogP contribution < -0.4 is 5.32 Å². The fourth-order valence-corrected chi connectivity index (χ4v) is 3.67. The summed E-state index contributed by atoms with van der Waals surface area (Å²) in [4.78, 5) is 26.7. The molecule has 1 saturated heterocycles. The van der Waals surface area contributed by atoms with E-state index in [9.17, 15) is 9.59 Å². The number of rotatable bonds is 3. The molecule has 4 heteroatoms. The van der Waals surface area contributed by atoms with Crippen molar-refractivity contribution in [1.82, 2.24) is 10.2 Å². The van der Waals surface area contributed by atoms with Crippen LogP contribution >= 0.6 is 0 Å². The van der Waals surface area contributed by atoms with Crippen LogP contribution in [-0.2, 0) is 9.59 Å². The van der Waals surface area contributed by atoms with Gasteiger partial charge in [0.15, 0.2) is 0 Å². The Kier molecular flexibility index (Phi) is 5.06.